The number of carbonyl (C=O) groups is 1. The van der Waals surface area contributed by atoms with Gasteiger partial charge in [-0.05, 0) is 6.92 Å². The number of carboxylic acid groups (broad SMARTS) is 1. The first-order chi connectivity index (χ1) is 7.90. The van der Waals surface area contributed by atoms with Crippen molar-refractivity contribution in [2.45, 2.75) is 6.92 Å². The van der Waals surface area contributed by atoms with Crippen molar-refractivity contribution in [1.29, 1.82) is 0 Å². The van der Waals surface area contributed by atoms with Gasteiger partial charge in [0, 0.05) is 6.07 Å². The topological polar surface area (TPSA) is 116 Å². The van der Waals surface area contributed by atoms with E-state index in [1.165, 1.54) is 0 Å². The molecule has 1 aromatic carbocycles. The van der Waals surface area contributed by atoms with Crippen molar-refractivity contribution in [3.8, 4) is 5.75 Å². The van der Waals surface area contributed by atoms with E-state index in [4.69, 9.17) is 15.6 Å². The summed E-state index contributed by atoms with van der Waals surface area (Å²) >= 11 is 0. The largest absolute Gasteiger partial charge is 0.491 e. The number of nitrogens with two attached hydrogens (primary N) is 1. The van der Waals surface area contributed by atoms with Gasteiger partial charge in [-0.2, -0.15) is 0 Å². The van der Waals surface area contributed by atoms with E-state index in [0.717, 1.165) is 6.07 Å². The number of rotatable bonds is 4. The number of nitrogens with zero attached hydrogens (tertiary/aromatic N) is 1. The van der Waals surface area contributed by atoms with E-state index in [9.17, 15) is 19.3 Å². The summed E-state index contributed by atoms with van der Waals surface area (Å²) in [5.41, 5.74) is 2.66. The average Bonchev–Trinajstić information content (AvgIpc) is 2.23. The molecule has 1 rings (SSSR count). The Morgan fingerprint density at radius 2 is 2.29 bits per heavy atom. The molecule has 92 valence electrons. The minimum atomic E-state index is -1.58. The molecule has 0 unspecified atom stereocenters. The Morgan fingerprint density at radius 1 is 1.71 bits per heavy atom. The van der Waals surface area contributed by atoms with Crippen LogP contribution in [0.25, 0.3) is 0 Å². The van der Waals surface area contributed by atoms with Crippen LogP contribution in [0.4, 0.5) is 15.8 Å². The SMILES string of the molecule is CCOc1cc(C(=O)O)c([N+](=O)[O-])c(N)c1F. The van der Waals surface area contributed by atoms with Crippen LogP contribution >= 0.6 is 0 Å². The highest BCUT2D eigenvalue weighted by Crippen LogP contribution is 2.35. The van der Waals surface area contributed by atoms with Crippen LogP contribution in [-0.4, -0.2) is 22.6 Å². The van der Waals surface area contributed by atoms with Gasteiger partial charge in [0.25, 0.3) is 0 Å². The van der Waals surface area contributed by atoms with Crippen molar-refractivity contribution in [2.24, 2.45) is 0 Å². The van der Waals surface area contributed by atoms with Gasteiger partial charge in [-0.3, -0.25) is 10.1 Å². The third-order valence-corrected chi connectivity index (χ3v) is 1.95. The summed E-state index contributed by atoms with van der Waals surface area (Å²) in [6.07, 6.45) is 0. The van der Waals surface area contributed by atoms with E-state index in [2.05, 4.69) is 0 Å². The van der Waals surface area contributed by atoms with Crippen LogP contribution in [-0.2, 0) is 0 Å². The predicted octanol–water partition coefficient (Wildman–Crippen LogP) is 1.41. The van der Waals surface area contributed by atoms with Crippen molar-refractivity contribution in [1.82, 2.24) is 0 Å². The van der Waals surface area contributed by atoms with Crippen LogP contribution in [0.15, 0.2) is 6.07 Å². The Morgan fingerprint density at radius 3 is 2.71 bits per heavy atom. The zero-order valence-electron chi connectivity index (χ0n) is 8.77. The predicted molar refractivity (Wildman–Crippen MR) is 55.6 cm³/mol. The van der Waals surface area contributed by atoms with E-state index in [1.54, 1.807) is 6.92 Å². The molecule has 0 bridgehead atoms. The maximum absolute atomic E-state index is 13.5. The molecule has 0 atom stereocenters. The lowest BCUT2D eigenvalue weighted by atomic mass is 10.1. The highest BCUT2D eigenvalue weighted by Gasteiger charge is 2.29. The van der Waals surface area contributed by atoms with Crippen LogP contribution in [0.3, 0.4) is 0 Å². The molecule has 1 aromatic rings. The smallest absolute Gasteiger partial charge is 0.342 e. The highest BCUT2D eigenvalue weighted by atomic mass is 19.1. The molecule has 7 nitrogen and oxygen atoms in total. The van der Waals surface area contributed by atoms with Crippen molar-refractivity contribution in [3.05, 3.63) is 27.6 Å². The Kier molecular flexibility index (Phi) is 3.46. The van der Waals surface area contributed by atoms with Gasteiger partial charge in [0.2, 0.25) is 0 Å². The number of ether oxygens (including phenoxy) is 1. The third-order valence-electron chi connectivity index (χ3n) is 1.95. The molecular formula is C9H9FN2O5. The zero-order valence-corrected chi connectivity index (χ0v) is 8.77. The molecule has 0 heterocycles. The molecule has 0 saturated carbocycles. The molecule has 3 N–H and O–H groups in total. The summed E-state index contributed by atoms with van der Waals surface area (Å²) in [6.45, 7) is 1.63. The van der Waals surface area contributed by atoms with Gasteiger partial charge in [-0.1, -0.05) is 0 Å². The van der Waals surface area contributed by atoms with Gasteiger partial charge in [0.15, 0.2) is 17.3 Å². The molecule has 0 fully saturated rings. The van der Waals surface area contributed by atoms with Crippen molar-refractivity contribution < 1.29 is 24.0 Å². The normalized spacial score (nSPS) is 10.0. The van der Waals surface area contributed by atoms with Crippen LogP contribution < -0.4 is 10.5 Å². The number of anilines is 1. The lowest BCUT2D eigenvalue weighted by Gasteiger charge is -2.08. The van der Waals surface area contributed by atoms with E-state index < -0.39 is 39.4 Å². The summed E-state index contributed by atoms with van der Waals surface area (Å²) in [5.74, 6) is -3.14. The Hall–Kier alpha value is -2.38. The number of nitro benzene ring substituents is 1. The lowest BCUT2D eigenvalue weighted by Crippen LogP contribution is -2.09. The fraction of sp³-hybridized carbons (Fsp3) is 0.222. The molecular weight excluding hydrogens is 235 g/mol. The highest BCUT2D eigenvalue weighted by molar-refractivity contribution is 5.96. The summed E-state index contributed by atoms with van der Waals surface area (Å²) in [7, 11) is 0. The summed E-state index contributed by atoms with van der Waals surface area (Å²) in [6, 6.07) is 0.746. The number of aromatic carboxylic acids is 1. The standard InChI is InChI=1S/C9H9FN2O5/c1-2-17-5-3-4(9(13)14)8(12(15)16)7(11)6(5)10/h3H,2,11H2,1H3,(H,13,14). The number of halogens is 1. The average molecular weight is 244 g/mol. The molecule has 17 heavy (non-hydrogen) atoms. The van der Waals surface area contributed by atoms with Crippen molar-refractivity contribution in [2.75, 3.05) is 12.3 Å². The third kappa shape index (κ3) is 2.25. The number of carboxylic acids is 1. The molecule has 8 heteroatoms. The Balaban J connectivity index is 3.56. The Labute approximate surface area is 94.8 Å². The second-order valence-corrected chi connectivity index (χ2v) is 2.99. The number of nitrogen functional groups attached to an aromatic ring is 1. The van der Waals surface area contributed by atoms with Gasteiger partial charge >= 0.3 is 11.7 Å². The first kappa shape index (κ1) is 12.7. The molecule has 0 radical (unpaired) electrons. The van der Waals surface area contributed by atoms with Crippen LogP contribution in [0, 0.1) is 15.9 Å². The molecule has 0 aliphatic heterocycles. The summed E-state index contributed by atoms with van der Waals surface area (Å²) < 4.78 is 18.3. The maximum Gasteiger partial charge on any atom is 0.342 e. The van der Waals surface area contributed by atoms with E-state index in [1.807, 2.05) is 0 Å². The quantitative estimate of drug-likeness (QED) is 0.470. The first-order valence-electron chi connectivity index (χ1n) is 4.52. The van der Waals surface area contributed by atoms with Gasteiger partial charge in [-0.25, -0.2) is 9.18 Å². The molecule has 0 saturated heterocycles. The van der Waals surface area contributed by atoms with E-state index >= 15 is 0 Å². The van der Waals surface area contributed by atoms with Crippen LogP contribution in [0.1, 0.15) is 17.3 Å². The number of benzene rings is 1. The van der Waals surface area contributed by atoms with Crippen LogP contribution in [0.2, 0.25) is 0 Å². The fourth-order valence-electron chi connectivity index (χ4n) is 1.26. The molecule has 0 spiro atoms. The van der Waals surface area contributed by atoms with E-state index in [-0.39, 0.29) is 6.61 Å². The molecule has 0 aromatic heterocycles. The minimum absolute atomic E-state index is 0.0766. The molecule has 0 amide bonds. The number of hydrogen-bond donors (Lipinski definition) is 2. The fourth-order valence-corrected chi connectivity index (χ4v) is 1.26. The van der Waals surface area contributed by atoms with Gasteiger partial charge in [0.05, 0.1) is 11.5 Å². The minimum Gasteiger partial charge on any atom is -0.491 e. The Bertz CT molecular complexity index is 489. The van der Waals surface area contributed by atoms with E-state index in [0.29, 0.717) is 0 Å². The molecule has 0 aliphatic carbocycles. The first-order valence-corrected chi connectivity index (χ1v) is 4.52. The van der Waals surface area contributed by atoms with Crippen LogP contribution in [0.5, 0.6) is 5.75 Å². The van der Waals surface area contributed by atoms with Gasteiger partial charge in [-0.15, -0.1) is 0 Å². The van der Waals surface area contributed by atoms with Crippen molar-refractivity contribution >= 4 is 17.3 Å². The second-order valence-electron chi connectivity index (χ2n) is 2.99. The monoisotopic (exact) mass is 244 g/mol. The van der Waals surface area contributed by atoms with Gasteiger partial charge in [0.1, 0.15) is 5.56 Å². The number of nitro groups is 1. The summed E-state index contributed by atoms with van der Waals surface area (Å²) in [4.78, 5) is 20.4. The van der Waals surface area contributed by atoms with Crippen molar-refractivity contribution in [3.63, 3.8) is 0 Å². The van der Waals surface area contributed by atoms with Gasteiger partial charge < -0.3 is 15.6 Å². The maximum atomic E-state index is 13.5. The summed E-state index contributed by atoms with van der Waals surface area (Å²) in [5, 5.41) is 19.4. The molecule has 0 aliphatic rings. The number of hydrogen-bond acceptors (Lipinski definition) is 5. The lowest BCUT2D eigenvalue weighted by molar-refractivity contribution is -0.384. The second kappa shape index (κ2) is 4.64. The zero-order chi connectivity index (χ0) is 13.2.